The summed E-state index contributed by atoms with van der Waals surface area (Å²) >= 11 is 0. The van der Waals surface area contributed by atoms with Gasteiger partial charge in [-0.05, 0) is 42.0 Å². The number of fused-ring (bicyclic) bond motifs is 1. The SMILES string of the molecule is CN=C(NCCS(=O)(=O)NCC1CCC1)NC(C)c1cccc2ccccc12.I. The van der Waals surface area contributed by atoms with Crippen molar-refractivity contribution in [3.8, 4) is 0 Å². The number of guanidine groups is 1. The van der Waals surface area contributed by atoms with Crippen LogP contribution in [0, 0.1) is 5.92 Å². The fourth-order valence-electron chi connectivity index (χ4n) is 3.42. The third kappa shape index (κ3) is 6.82. The Hall–Kier alpha value is -1.39. The maximum absolute atomic E-state index is 12.1. The molecule has 3 N–H and O–H groups in total. The summed E-state index contributed by atoms with van der Waals surface area (Å²) in [4.78, 5) is 4.23. The average molecular weight is 530 g/mol. The van der Waals surface area contributed by atoms with Crippen molar-refractivity contribution in [2.24, 2.45) is 10.9 Å². The van der Waals surface area contributed by atoms with Gasteiger partial charge >= 0.3 is 0 Å². The Morgan fingerprint density at radius 1 is 1.17 bits per heavy atom. The van der Waals surface area contributed by atoms with Crippen LogP contribution in [0.5, 0.6) is 0 Å². The first kappa shape index (κ1) is 23.9. The molecular formula is C21H31IN4O2S. The zero-order chi connectivity index (χ0) is 20.0. The van der Waals surface area contributed by atoms with Gasteiger partial charge in [0, 0.05) is 20.1 Å². The smallest absolute Gasteiger partial charge is 0.213 e. The van der Waals surface area contributed by atoms with Gasteiger partial charge in [-0.25, -0.2) is 13.1 Å². The van der Waals surface area contributed by atoms with E-state index in [0.29, 0.717) is 25.0 Å². The van der Waals surface area contributed by atoms with Gasteiger partial charge in [0.05, 0.1) is 11.8 Å². The van der Waals surface area contributed by atoms with Crippen molar-refractivity contribution in [3.05, 3.63) is 48.0 Å². The van der Waals surface area contributed by atoms with Gasteiger partial charge < -0.3 is 10.6 Å². The molecule has 1 aliphatic rings. The molecule has 160 valence electrons. The van der Waals surface area contributed by atoms with Gasteiger partial charge in [-0.1, -0.05) is 48.9 Å². The van der Waals surface area contributed by atoms with Crippen molar-refractivity contribution in [1.29, 1.82) is 0 Å². The van der Waals surface area contributed by atoms with Gasteiger partial charge in [0.15, 0.2) is 5.96 Å². The van der Waals surface area contributed by atoms with E-state index in [-0.39, 0.29) is 35.8 Å². The Kier molecular flexibility index (Phi) is 9.16. The van der Waals surface area contributed by atoms with Crippen LogP contribution in [0.25, 0.3) is 10.8 Å². The first-order valence-corrected chi connectivity index (χ1v) is 11.6. The molecule has 0 aliphatic heterocycles. The largest absolute Gasteiger partial charge is 0.355 e. The minimum atomic E-state index is -3.26. The summed E-state index contributed by atoms with van der Waals surface area (Å²) in [5.74, 6) is 1.14. The highest BCUT2D eigenvalue weighted by atomic mass is 127. The number of rotatable bonds is 8. The Bertz CT molecular complexity index is 924. The van der Waals surface area contributed by atoms with Crippen molar-refractivity contribution in [1.82, 2.24) is 15.4 Å². The first-order chi connectivity index (χ1) is 13.5. The molecule has 3 rings (SSSR count). The topological polar surface area (TPSA) is 82.6 Å². The molecule has 6 nitrogen and oxygen atoms in total. The van der Waals surface area contributed by atoms with Crippen molar-refractivity contribution in [2.75, 3.05) is 25.9 Å². The third-order valence-corrected chi connectivity index (χ3v) is 6.69. The van der Waals surface area contributed by atoms with Crippen LogP contribution in [-0.4, -0.2) is 40.3 Å². The van der Waals surface area contributed by atoms with Crippen LogP contribution < -0.4 is 15.4 Å². The Morgan fingerprint density at radius 2 is 1.90 bits per heavy atom. The lowest BCUT2D eigenvalue weighted by Crippen LogP contribution is -2.42. The lowest BCUT2D eigenvalue weighted by molar-refractivity contribution is 0.316. The van der Waals surface area contributed by atoms with Crippen LogP contribution in [0.1, 0.15) is 37.8 Å². The Morgan fingerprint density at radius 3 is 2.59 bits per heavy atom. The summed E-state index contributed by atoms with van der Waals surface area (Å²) in [6.45, 7) is 2.95. The highest BCUT2D eigenvalue weighted by Gasteiger charge is 2.20. The van der Waals surface area contributed by atoms with Crippen LogP contribution in [-0.2, 0) is 10.0 Å². The van der Waals surface area contributed by atoms with Crippen molar-refractivity contribution >= 4 is 50.7 Å². The summed E-state index contributed by atoms with van der Waals surface area (Å²) < 4.78 is 27.0. The zero-order valence-corrected chi connectivity index (χ0v) is 20.2. The quantitative estimate of drug-likeness (QED) is 0.278. The van der Waals surface area contributed by atoms with Crippen LogP contribution in [0.3, 0.4) is 0 Å². The van der Waals surface area contributed by atoms with Gasteiger partial charge in [-0.2, -0.15) is 0 Å². The Labute approximate surface area is 191 Å². The lowest BCUT2D eigenvalue weighted by atomic mass is 9.86. The summed E-state index contributed by atoms with van der Waals surface area (Å²) in [5, 5.41) is 8.86. The molecule has 1 fully saturated rings. The molecule has 1 unspecified atom stereocenters. The highest BCUT2D eigenvalue weighted by molar-refractivity contribution is 14.0. The second-order valence-electron chi connectivity index (χ2n) is 7.40. The van der Waals surface area contributed by atoms with Crippen molar-refractivity contribution in [2.45, 2.75) is 32.2 Å². The lowest BCUT2D eigenvalue weighted by Gasteiger charge is -2.25. The summed E-state index contributed by atoms with van der Waals surface area (Å²) in [7, 11) is -1.57. The standard InChI is InChI=1S/C21H30N4O2S.HI/c1-16(19-12-6-10-18-9-3-4-11-20(18)19)25-21(22-2)23-13-14-28(26,27)24-15-17-7-5-8-17;/h3-4,6,9-12,16-17,24H,5,7-8,13-15H2,1-2H3,(H2,22,23,25);1H. The summed E-state index contributed by atoms with van der Waals surface area (Å²) in [5.41, 5.74) is 1.18. The monoisotopic (exact) mass is 530 g/mol. The van der Waals surface area contributed by atoms with E-state index in [4.69, 9.17) is 0 Å². The number of hydrogen-bond acceptors (Lipinski definition) is 3. The normalized spacial score (nSPS) is 16.0. The predicted octanol–water partition coefficient (Wildman–Crippen LogP) is 3.40. The number of benzene rings is 2. The van der Waals surface area contributed by atoms with Gasteiger partial charge in [-0.15, -0.1) is 24.0 Å². The second-order valence-corrected chi connectivity index (χ2v) is 9.32. The molecular weight excluding hydrogens is 499 g/mol. The number of nitrogens with one attached hydrogen (secondary N) is 3. The molecule has 0 saturated heterocycles. The molecule has 0 aromatic heterocycles. The molecule has 0 heterocycles. The van der Waals surface area contributed by atoms with Crippen LogP contribution >= 0.6 is 24.0 Å². The summed E-state index contributed by atoms with van der Waals surface area (Å²) in [6.07, 6.45) is 3.47. The molecule has 1 atom stereocenters. The fourth-order valence-corrected chi connectivity index (χ4v) is 4.43. The molecule has 2 aromatic rings. The third-order valence-electron chi connectivity index (χ3n) is 5.35. The second kappa shape index (κ2) is 11.1. The van der Waals surface area contributed by atoms with Gasteiger partial charge in [-0.3, -0.25) is 4.99 Å². The van der Waals surface area contributed by atoms with E-state index in [1.165, 1.54) is 22.8 Å². The van der Waals surface area contributed by atoms with Crippen LogP contribution in [0.15, 0.2) is 47.5 Å². The average Bonchev–Trinajstić information content (AvgIpc) is 2.65. The van der Waals surface area contributed by atoms with E-state index >= 15 is 0 Å². The minimum absolute atomic E-state index is 0. The number of aliphatic imine (C=N–C) groups is 1. The van der Waals surface area contributed by atoms with E-state index < -0.39 is 10.0 Å². The van der Waals surface area contributed by atoms with Gasteiger partial charge in [0.25, 0.3) is 0 Å². The highest BCUT2D eigenvalue weighted by Crippen LogP contribution is 2.25. The maximum Gasteiger partial charge on any atom is 0.213 e. The van der Waals surface area contributed by atoms with E-state index in [2.05, 4.69) is 51.5 Å². The molecule has 8 heteroatoms. The number of nitrogens with zero attached hydrogens (tertiary/aromatic N) is 1. The molecule has 1 aliphatic carbocycles. The van der Waals surface area contributed by atoms with Gasteiger partial charge in [0.1, 0.15) is 0 Å². The Balaban J connectivity index is 0.00000300. The van der Waals surface area contributed by atoms with E-state index in [1.54, 1.807) is 7.05 Å². The van der Waals surface area contributed by atoms with Crippen LogP contribution in [0.2, 0.25) is 0 Å². The fraction of sp³-hybridized carbons (Fsp3) is 0.476. The number of halogens is 1. The van der Waals surface area contributed by atoms with Crippen molar-refractivity contribution in [3.63, 3.8) is 0 Å². The number of sulfonamides is 1. The predicted molar refractivity (Wildman–Crippen MR) is 131 cm³/mol. The minimum Gasteiger partial charge on any atom is -0.355 e. The molecule has 0 amide bonds. The number of hydrogen-bond donors (Lipinski definition) is 3. The zero-order valence-electron chi connectivity index (χ0n) is 17.0. The van der Waals surface area contributed by atoms with Crippen molar-refractivity contribution < 1.29 is 8.42 Å². The maximum atomic E-state index is 12.1. The van der Waals surface area contributed by atoms with E-state index in [1.807, 2.05) is 18.2 Å². The van der Waals surface area contributed by atoms with Crippen LogP contribution in [0.4, 0.5) is 0 Å². The molecule has 29 heavy (non-hydrogen) atoms. The molecule has 0 radical (unpaired) electrons. The van der Waals surface area contributed by atoms with E-state index in [9.17, 15) is 8.42 Å². The summed E-state index contributed by atoms with van der Waals surface area (Å²) in [6, 6.07) is 14.6. The molecule has 2 aromatic carbocycles. The molecule has 1 saturated carbocycles. The molecule has 0 bridgehead atoms. The van der Waals surface area contributed by atoms with E-state index in [0.717, 1.165) is 12.8 Å². The first-order valence-electron chi connectivity index (χ1n) is 9.90. The molecule has 0 spiro atoms. The van der Waals surface area contributed by atoms with Gasteiger partial charge in [0.2, 0.25) is 10.0 Å².